The summed E-state index contributed by atoms with van der Waals surface area (Å²) in [6.07, 6.45) is 7.85. The number of aliphatic hydroxyl groups is 1. The van der Waals surface area contributed by atoms with Crippen LogP contribution >= 0.6 is 0 Å². The first-order valence-electron chi connectivity index (χ1n) is 20.0. The number of rotatable bonds is 13. The molecule has 0 bridgehead atoms. The minimum Gasteiger partial charge on any atom is -0.384 e. The predicted octanol–water partition coefficient (Wildman–Crippen LogP) is 0.709. The fourth-order valence-electron chi connectivity index (χ4n) is 8.74. The van der Waals surface area contributed by atoms with E-state index in [1.807, 2.05) is 0 Å². The van der Waals surface area contributed by atoms with Crippen molar-refractivity contribution in [2.24, 2.45) is 11.7 Å². The van der Waals surface area contributed by atoms with Crippen LogP contribution in [-0.2, 0) is 44.6 Å². The summed E-state index contributed by atoms with van der Waals surface area (Å²) in [5, 5.41) is 24.6. The normalized spacial score (nSPS) is 23.5. The van der Waals surface area contributed by atoms with Crippen molar-refractivity contribution in [3.63, 3.8) is 0 Å². The summed E-state index contributed by atoms with van der Waals surface area (Å²) in [6.45, 7) is 3.80. The fourth-order valence-corrected chi connectivity index (χ4v) is 11.8. The van der Waals surface area contributed by atoms with Crippen molar-refractivity contribution in [3.05, 3.63) is 41.7 Å². The summed E-state index contributed by atoms with van der Waals surface area (Å²) in [6, 6.07) is 2.42. The number of primary amides is 1. The SMILES string of the molecule is CC(C)(O)c1cnnn1[C@H]1C[C@@H](C(=O)NC2(C(=O)C(N)=O)CCS(=O)(=O)CC2)N(C(=O)[C@@H](CC2CCCCC2)NC(=O)c2ccc(S(=O)(=O)N3CCCCC3)cc2)C1. The third-order valence-corrected chi connectivity index (χ3v) is 15.6. The molecule has 0 unspecified atom stereocenters. The van der Waals surface area contributed by atoms with E-state index in [0.29, 0.717) is 18.8 Å². The lowest BCUT2D eigenvalue weighted by molar-refractivity contribution is -0.145. The summed E-state index contributed by atoms with van der Waals surface area (Å²) in [4.78, 5) is 70.0. The van der Waals surface area contributed by atoms with Crippen molar-refractivity contribution in [2.45, 2.75) is 125 Å². The standard InChI is InChI=1S/C38H54N8O10S2/c1-37(2,52)31-23-40-43-46(31)27-22-30(35(50)42-38(32(47)33(39)48)15-19-57(53,54)20-16-38)45(24-27)36(51)29(21-25-9-5-3-6-10-25)41-34(49)26-11-13-28(14-12-26)58(55,56)44-17-7-4-8-18-44/h11-14,23,25,27,29-30,52H,3-10,15-22,24H2,1-2H3,(H2,39,48)(H,41,49)(H,42,50)/t27-,29+,30-/m0/s1. The molecule has 5 N–H and O–H groups in total. The second kappa shape index (κ2) is 17.1. The van der Waals surface area contributed by atoms with Crippen LogP contribution in [0.4, 0.5) is 0 Å². The molecule has 1 saturated carbocycles. The molecule has 318 valence electrons. The number of ketones is 1. The van der Waals surface area contributed by atoms with E-state index in [-0.39, 0.29) is 35.8 Å². The highest BCUT2D eigenvalue weighted by Gasteiger charge is 2.51. The lowest BCUT2D eigenvalue weighted by Crippen LogP contribution is -2.64. The molecular formula is C38H54N8O10S2. The third kappa shape index (κ3) is 9.44. The van der Waals surface area contributed by atoms with Gasteiger partial charge in [0.15, 0.2) is 9.84 Å². The zero-order valence-corrected chi connectivity index (χ0v) is 34.6. The molecule has 4 fully saturated rings. The van der Waals surface area contributed by atoms with Gasteiger partial charge in [0.1, 0.15) is 23.2 Å². The summed E-state index contributed by atoms with van der Waals surface area (Å²) in [5.41, 5.74) is 2.49. The zero-order chi connectivity index (χ0) is 42.0. The molecule has 4 heterocycles. The molecule has 1 aromatic carbocycles. The topological polar surface area (TPSA) is 261 Å². The second-order valence-electron chi connectivity index (χ2n) is 16.7. The van der Waals surface area contributed by atoms with Gasteiger partial charge in [-0.2, -0.15) is 4.31 Å². The molecule has 3 aliphatic heterocycles. The maximum absolute atomic E-state index is 14.9. The van der Waals surface area contributed by atoms with Gasteiger partial charge in [-0.25, -0.2) is 21.5 Å². The van der Waals surface area contributed by atoms with E-state index in [1.165, 1.54) is 58.2 Å². The van der Waals surface area contributed by atoms with Gasteiger partial charge in [0, 0.05) is 31.6 Å². The second-order valence-corrected chi connectivity index (χ2v) is 20.9. The van der Waals surface area contributed by atoms with E-state index in [9.17, 15) is 45.9 Å². The van der Waals surface area contributed by atoms with Crippen molar-refractivity contribution in [1.29, 1.82) is 0 Å². The monoisotopic (exact) mass is 846 g/mol. The average Bonchev–Trinajstić information content (AvgIpc) is 3.88. The molecule has 2 aromatic rings. The molecule has 58 heavy (non-hydrogen) atoms. The van der Waals surface area contributed by atoms with Gasteiger partial charge in [-0.3, -0.25) is 24.0 Å². The number of carbonyl (C=O) groups is 5. The minimum absolute atomic E-state index is 0.0550. The van der Waals surface area contributed by atoms with Gasteiger partial charge in [-0.05, 0) is 76.1 Å². The Morgan fingerprint density at radius 3 is 2.21 bits per heavy atom. The largest absolute Gasteiger partial charge is 0.384 e. The molecular weight excluding hydrogens is 793 g/mol. The van der Waals surface area contributed by atoms with Crippen LogP contribution in [0.2, 0.25) is 0 Å². The Kier molecular flexibility index (Phi) is 12.8. The molecule has 1 aromatic heterocycles. The van der Waals surface area contributed by atoms with E-state index < -0.39 is 103 Å². The van der Waals surface area contributed by atoms with E-state index in [4.69, 9.17) is 5.73 Å². The summed E-state index contributed by atoms with van der Waals surface area (Å²) >= 11 is 0. The molecule has 4 aliphatic rings. The molecule has 4 amide bonds. The van der Waals surface area contributed by atoms with E-state index >= 15 is 0 Å². The van der Waals surface area contributed by atoms with Crippen LogP contribution in [0.5, 0.6) is 0 Å². The molecule has 6 rings (SSSR count). The number of aromatic nitrogens is 3. The molecule has 3 atom stereocenters. The minimum atomic E-state index is -3.75. The molecule has 18 nitrogen and oxygen atoms in total. The van der Waals surface area contributed by atoms with Crippen LogP contribution in [0.25, 0.3) is 0 Å². The smallest absolute Gasteiger partial charge is 0.287 e. The molecule has 1 aliphatic carbocycles. The van der Waals surface area contributed by atoms with E-state index in [0.717, 1.165) is 51.4 Å². The van der Waals surface area contributed by atoms with Crippen molar-refractivity contribution < 1.29 is 45.9 Å². The number of hydrogen-bond acceptors (Lipinski definition) is 12. The van der Waals surface area contributed by atoms with E-state index in [1.54, 1.807) is 0 Å². The van der Waals surface area contributed by atoms with Gasteiger partial charge < -0.3 is 26.4 Å². The van der Waals surface area contributed by atoms with Crippen LogP contribution in [0, 0.1) is 5.92 Å². The zero-order valence-electron chi connectivity index (χ0n) is 33.0. The number of piperidine rings is 1. The number of carbonyl (C=O) groups excluding carboxylic acids is 5. The first kappa shape index (κ1) is 43.3. The maximum atomic E-state index is 14.9. The van der Waals surface area contributed by atoms with Crippen LogP contribution in [0.1, 0.15) is 113 Å². The molecule has 3 saturated heterocycles. The highest BCUT2D eigenvalue weighted by molar-refractivity contribution is 7.91. The van der Waals surface area contributed by atoms with Gasteiger partial charge in [0.2, 0.25) is 27.6 Å². The number of sulfonamides is 1. The van der Waals surface area contributed by atoms with Crippen molar-refractivity contribution in [1.82, 2.24) is 34.8 Å². The highest BCUT2D eigenvalue weighted by Crippen LogP contribution is 2.35. The lowest BCUT2D eigenvalue weighted by atomic mass is 9.84. The van der Waals surface area contributed by atoms with Crippen LogP contribution in [-0.4, -0.2) is 124 Å². The number of hydrogen-bond donors (Lipinski definition) is 4. The Balaban J connectivity index is 1.31. The summed E-state index contributed by atoms with van der Waals surface area (Å²) in [5.74, 6) is -5.43. The van der Waals surface area contributed by atoms with Crippen LogP contribution in [0.15, 0.2) is 35.4 Å². The highest BCUT2D eigenvalue weighted by atomic mass is 32.2. The van der Waals surface area contributed by atoms with E-state index in [2.05, 4.69) is 20.9 Å². The summed E-state index contributed by atoms with van der Waals surface area (Å²) < 4.78 is 54.1. The van der Waals surface area contributed by atoms with Gasteiger partial charge >= 0.3 is 0 Å². The maximum Gasteiger partial charge on any atom is 0.287 e. The summed E-state index contributed by atoms with van der Waals surface area (Å²) in [7, 11) is -7.31. The Morgan fingerprint density at radius 1 is 0.983 bits per heavy atom. The molecule has 0 spiro atoms. The van der Waals surface area contributed by atoms with Crippen LogP contribution < -0.4 is 16.4 Å². The van der Waals surface area contributed by atoms with Gasteiger partial charge in [0.25, 0.3) is 11.8 Å². The fraction of sp³-hybridized carbons (Fsp3) is 0.658. The van der Waals surface area contributed by atoms with Crippen molar-refractivity contribution >= 4 is 49.3 Å². The van der Waals surface area contributed by atoms with Gasteiger partial charge in [-0.15, -0.1) is 5.10 Å². The quantitative estimate of drug-likeness (QED) is 0.203. The number of nitrogens with one attached hydrogen (secondary N) is 2. The Morgan fingerprint density at radius 2 is 1.60 bits per heavy atom. The predicted molar refractivity (Wildman–Crippen MR) is 209 cm³/mol. The van der Waals surface area contributed by atoms with Gasteiger partial charge in [0.05, 0.1) is 34.3 Å². The van der Waals surface area contributed by atoms with Crippen LogP contribution in [0.3, 0.4) is 0 Å². The number of amides is 4. The van der Waals surface area contributed by atoms with Crippen molar-refractivity contribution in [2.75, 3.05) is 31.1 Å². The molecule has 0 radical (unpaired) electrons. The lowest BCUT2D eigenvalue weighted by Gasteiger charge is -2.37. The first-order chi connectivity index (χ1) is 27.3. The van der Waals surface area contributed by atoms with Crippen molar-refractivity contribution in [3.8, 4) is 0 Å². The average molecular weight is 847 g/mol. The number of nitrogens with zero attached hydrogens (tertiary/aromatic N) is 5. The first-order valence-corrected chi connectivity index (χ1v) is 23.3. The molecule has 20 heteroatoms. The number of sulfone groups is 1. The Hall–Kier alpha value is -4.27. The Labute approximate surface area is 338 Å². The number of nitrogens with two attached hydrogens (primary N) is 1. The third-order valence-electron chi connectivity index (χ3n) is 12.1. The number of Topliss-reactive ketones (excluding diaryl/α,β-unsaturated/α-hetero) is 1. The van der Waals surface area contributed by atoms with Gasteiger partial charge in [-0.1, -0.05) is 43.7 Å². The number of benzene rings is 1. The Bertz CT molecular complexity index is 2090. The number of likely N-dealkylation sites (tertiary alicyclic amines) is 1.